The minimum absolute atomic E-state index is 0. The molecule has 0 spiro atoms. The number of carbonyl (C=O) groups is 1. The number of hydrogen-bond donors (Lipinski definition) is 2. The molecule has 0 bridgehead atoms. The number of amides is 1. The van der Waals surface area contributed by atoms with Crippen LogP contribution in [0.3, 0.4) is 0 Å². The van der Waals surface area contributed by atoms with Gasteiger partial charge in [0.1, 0.15) is 0 Å². The standard InChI is InChI=1S/C13H22N2O.ClH/c1-8-11(6-3-7-14-8)15-13(16)12-9-4-2-5-10(9)12;/h8-12,14H,2-7H2,1H3,(H,15,16);1H. The molecule has 1 amide bonds. The van der Waals surface area contributed by atoms with E-state index in [1.165, 1.54) is 25.7 Å². The lowest BCUT2D eigenvalue weighted by Gasteiger charge is -2.30. The smallest absolute Gasteiger partial charge is 0.223 e. The Morgan fingerprint density at radius 2 is 1.88 bits per heavy atom. The van der Waals surface area contributed by atoms with Crippen molar-refractivity contribution < 1.29 is 4.79 Å². The molecule has 0 aromatic carbocycles. The van der Waals surface area contributed by atoms with E-state index in [4.69, 9.17) is 0 Å². The number of hydrogen-bond acceptors (Lipinski definition) is 2. The summed E-state index contributed by atoms with van der Waals surface area (Å²) in [5.74, 6) is 2.21. The van der Waals surface area contributed by atoms with Crippen LogP contribution in [-0.2, 0) is 4.79 Å². The summed E-state index contributed by atoms with van der Waals surface area (Å²) in [6, 6.07) is 0.805. The van der Waals surface area contributed by atoms with Crippen LogP contribution in [0, 0.1) is 17.8 Å². The van der Waals surface area contributed by atoms with Gasteiger partial charge < -0.3 is 10.6 Å². The maximum Gasteiger partial charge on any atom is 0.223 e. The first-order chi connectivity index (χ1) is 7.77. The summed E-state index contributed by atoms with van der Waals surface area (Å²) in [6.07, 6.45) is 6.26. The van der Waals surface area contributed by atoms with Gasteiger partial charge in [-0.25, -0.2) is 0 Å². The van der Waals surface area contributed by atoms with Crippen molar-refractivity contribution in [1.82, 2.24) is 10.6 Å². The van der Waals surface area contributed by atoms with Crippen LogP contribution < -0.4 is 10.6 Å². The van der Waals surface area contributed by atoms with Gasteiger partial charge in [0.05, 0.1) is 0 Å². The predicted octanol–water partition coefficient (Wildman–Crippen LogP) is 1.71. The molecule has 0 aromatic rings. The maximum absolute atomic E-state index is 12.1. The van der Waals surface area contributed by atoms with Gasteiger partial charge in [-0.2, -0.15) is 0 Å². The Morgan fingerprint density at radius 3 is 2.53 bits per heavy atom. The van der Waals surface area contributed by atoms with Gasteiger partial charge in [0.15, 0.2) is 0 Å². The highest BCUT2D eigenvalue weighted by Gasteiger charge is 2.56. The molecular weight excluding hydrogens is 236 g/mol. The van der Waals surface area contributed by atoms with Crippen molar-refractivity contribution in [2.24, 2.45) is 17.8 Å². The van der Waals surface area contributed by atoms with E-state index < -0.39 is 0 Å². The molecule has 4 atom stereocenters. The summed E-state index contributed by atoms with van der Waals surface area (Å²) >= 11 is 0. The molecule has 4 unspecified atom stereocenters. The molecule has 3 rings (SSSR count). The first-order valence-corrected chi connectivity index (χ1v) is 6.81. The van der Waals surface area contributed by atoms with Crippen LogP contribution in [0.4, 0.5) is 0 Å². The lowest BCUT2D eigenvalue weighted by molar-refractivity contribution is -0.124. The Morgan fingerprint density at radius 1 is 1.18 bits per heavy atom. The molecule has 98 valence electrons. The molecule has 1 heterocycles. The van der Waals surface area contributed by atoms with Gasteiger partial charge in [0.2, 0.25) is 5.91 Å². The monoisotopic (exact) mass is 258 g/mol. The number of carbonyl (C=O) groups excluding carboxylic acids is 1. The number of piperidine rings is 1. The predicted molar refractivity (Wildman–Crippen MR) is 70.2 cm³/mol. The summed E-state index contributed by atoms with van der Waals surface area (Å²) < 4.78 is 0. The highest BCUT2D eigenvalue weighted by atomic mass is 35.5. The van der Waals surface area contributed by atoms with E-state index in [1.54, 1.807) is 0 Å². The third-order valence-electron chi connectivity index (χ3n) is 4.80. The van der Waals surface area contributed by atoms with E-state index in [-0.39, 0.29) is 12.4 Å². The molecule has 17 heavy (non-hydrogen) atoms. The van der Waals surface area contributed by atoms with Crippen LogP contribution in [0.15, 0.2) is 0 Å². The maximum atomic E-state index is 12.1. The molecule has 3 nitrogen and oxygen atoms in total. The molecular formula is C13H23ClN2O. The van der Waals surface area contributed by atoms with Gasteiger partial charge in [0.25, 0.3) is 0 Å². The Balaban J connectivity index is 0.00000108. The fourth-order valence-corrected chi connectivity index (χ4v) is 3.73. The molecule has 3 fully saturated rings. The molecule has 2 aliphatic carbocycles. The van der Waals surface area contributed by atoms with Gasteiger partial charge in [-0.3, -0.25) is 4.79 Å². The van der Waals surface area contributed by atoms with Crippen LogP contribution >= 0.6 is 12.4 Å². The third-order valence-corrected chi connectivity index (χ3v) is 4.80. The van der Waals surface area contributed by atoms with Gasteiger partial charge in [-0.1, -0.05) is 6.42 Å². The fourth-order valence-electron chi connectivity index (χ4n) is 3.73. The quantitative estimate of drug-likeness (QED) is 0.792. The van der Waals surface area contributed by atoms with E-state index in [0.29, 0.717) is 23.9 Å². The molecule has 1 aliphatic heterocycles. The number of rotatable bonds is 2. The van der Waals surface area contributed by atoms with Crippen LogP contribution in [0.2, 0.25) is 0 Å². The number of nitrogens with one attached hydrogen (secondary N) is 2. The summed E-state index contributed by atoms with van der Waals surface area (Å²) in [5, 5.41) is 6.69. The minimum Gasteiger partial charge on any atom is -0.352 e. The van der Waals surface area contributed by atoms with E-state index in [9.17, 15) is 4.79 Å². The van der Waals surface area contributed by atoms with Gasteiger partial charge >= 0.3 is 0 Å². The molecule has 2 N–H and O–H groups in total. The van der Waals surface area contributed by atoms with E-state index in [1.807, 2.05) is 0 Å². The lowest BCUT2D eigenvalue weighted by atomic mass is 9.99. The van der Waals surface area contributed by atoms with Crippen molar-refractivity contribution in [3.8, 4) is 0 Å². The molecule has 1 saturated heterocycles. The summed E-state index contributed by atoms with van der Waals surface area (Å²) in [5.41, 5.74) is 0. The Hall–Kier alpha value is -0.280. The SMILES string of the molecule is CC1NCCCC1NC(=O)C1C2CCCC21.Cl. The van der Waals surface area contributed by atoms with Crippen molar-refractivity contribution >= 4 is 18.3 Å². The fraction of sp³-hybridized carbons (Fsp3) is 0.923. The van der Waals surface area contributed by atoms with Crippen molar-refractivity contribution in [3.63, 3.8) is 0 Å². The van der Waals surface area contributed by atoms with Crippen molar-refractivity contribution in [2.45, 2.75) is 51.1 Å². The van der Waals surface area contributed by atoms with Crippen LogP contribution in [0.25, 0.3) is 0 Å². The van der Waals surface area contributed by atoms with Crippen LogP contribution in [-0.4, -0.2) is 24.5 Å². The second kappa shape index (κ2) is 5.15. The summed E-state index contributed by atoms with van der Waals surface area (Å²) in [7, 11) is 0. The number of fused-ring (bicyclic) bond motifs is 1. The zero-order valence-electron chi connectivity index (χ0n) is 10.4. The second-order valence-electron chi connectivity index (χ2n) is 5.78. The summed E-state index contributed by atoms with van der Waals surface area (Å²) in [4.78, 5) is 12.1. The van der Waals surface area contributed by atoms with E-state index in [0.717, 1.165) is 24.8 Å². The van der Waals surface area contributed by atoms with Gasteiger partial charge in [0, 0.05) is 18.0 Å². The average molecular weight is 259 g/mol. The van der Waals surface area contributed by atoms with E-state index >= 15 is 0 Å². The molecule has 0 radical (unpaired) electrons. The van der Waals surface area contributed by atoms with E-state index in [2.05, 4.69) is 17.6 Å². The molecule has 2 saturated carbocycles. The zero-order valence-corrected chi connectivity index (χ0v) is 11.3. The molecule has 3 aliphatic rings. The van der Waals surface area contributed by atoms with Crippen molar-refractivity contribution in [2.75, 3.05) is 6.54 Å². The first kappa shape index (κ1) is 13.2. The van der Waals surface area contributed by atoms with Crippen molar-refractivity contribution in [1.29, 1.82) is 0 Å². The highest BCUT2D eigenvalue weighted by molar-refractivity contribution is 5.85. The third kappa shape index (κ3) is 2.45. The molecule has 0 aromatic heterocycles. The zero-order chi connectivity index (χ0) is 11.1. The second-order valence-corrected chi connectivity index (χ2v) is 5.78. The summed E-state index contributed by atoms with van der Waals surface area (Å²) in [6.45, 7) is 3.28. The normalized spacial score (nSPS) is 43.5. The lowest BCUT2D eigenvalue weighted by Crippen LogP contribution is -2.52. The van der Waals surface area contributed by atoms with Crippen molar-refractivity contribution in [3.05, 3.63) is 0 Å². The van der Waals surface area contributed by atoms with Crippen LogP contribution in [0.1, 0.15) is 39.0 Å². The van der Waals surface area contributed by atoms with Gasteiger partial charge in [-0.05, 0) is 51.0 Å². The minimum atomic E-state index is 0. The Kier molecular flexibility index (Phi) is 3.99. The Labute approximate surface area is 110 Å². The largest absolute Gasteiger partial charge is 0.352 e. The topological polar surface area (TPSA) is 41.1 Å². The molecule has 4 heteroatoms. The average Bonchev–Trinajstić information content (AvgIpc) is 2.76. The Bertz CT molecular complexity index is 287. The van der Waals surface area contributed by atoms with Crippen LogP contribution in [0.5, 0.6) is 0 Å². The first-order valence-electron chi connectivity index (χ1n) is 6.81. The number of halogens is 1. The highest BCUT2D eigenvalue weighted by Crippen LogP contribution is 2.57. The van der Waals surface area contributed by atoms with Gasteiger partial charge in [-0.15, -0.1) is 12.4 Å².